The van der Waals surface area contributed by atoms with Crippen LogP contribution in [0, 0.1) is 6.92 Å². The number of aromatic nitrogens is 2. The molecule has 16 heavy (non-hydrogen) atoms. The van der Waals surface area contributed by atoms with Crippen LogP contribution in [0.25, 0.3) is 0 Å². The van der Waals surface area contributed by atoms with Gasteiger partial charge in [-0.3, -0.25) is 0 Å². The number of hydrogen-bond donors (Lipinski definition) is 1. The van der Waals surface area contributed by atoms with Crippen molar-refractivity contribution in [2.24, 2.45) is 0 Å². The Balaban J connectivity index is 1.87. The molecule has 0 aliphatic carbocycles. The quantitative estimate of drug-likeness (QED) is 0.842. The maximum atomic E-state index is 4.43. The van der Waals surface area contributed by atoms with Crippen LogP contribution in [0.4, 0.5) is 5.95 Å². The van der Waals surface area contributed by atoms with Crippen LogP contribution in [0.2, 0.25) is 0 Å². The molecule has 2 heterocycles. The number of piperidine rings is 1. The van der Waals surface area contributed by atoms with Crippen molar-refractivity contribution < 1.29 is 0 Å². The van der Waals surface area contributed by atoms with E-state index < -0.39 is 0 Å². The Morgan fingerprint density at radius 3 is 2.69 bits per heavy atom. The molecule has 90 valence electrons. The molecule has 0 amide bonds. The SMILES string of the molecule is CNc1nc(C)cn1CCN1CCCCC1. The van der Waals surface area contributed by atoms with Crippen LogP contribution in [0.15, 0.2) is 6.20 Å². The second-order valence-corrected chi connectivity index (χ2v) is 4.55. The van der Waals surface area contributed by atoms with E-state index in [9.17, 15) is 0 Å². The van der Waals surface area contributed by atoms with Crippen molar-refractivity contribution in [3.8, 4) is 0 Å². The maximum Gasteiger partial charge on any atom is 0.202 e. The summed E-state index contributed by atoms with van der Waals surface area (Å²) < 4.78 is 2.21. The highest BCUT2D eigenvalue weighted by Gasteiger charge is 2.10. The van der Waals surface area contributed by atoms with E-state index in [1.807, 2.05) is 14.0 Å². The highest BCUT2D eigenvalue weighted by Crippen LogP contribution is 2.11. The van der Waals surface area contributed by atoms with Gasteiger partial charge in [0.1, 0.15) is 0 Å². The van der Waals surface area contributed by atoms with Crippen molar-refractivity contribution in [3.05, 3.63) is 11.9 Å². The number of rotatable bonds is 4. The number of nitrogens with one attached hydrogen (secondary N) is 1. The minimum absolute atomic E-state index is 0.981. The number of nitrogens with zero attached hydrogens (tertiary/aromatic N) is 3. The van der Waals surface area contributed by atoms with Crippen LogP contribution in [-0.4, -0.2) is 41.1 Å². The molecule has 0 aromatic carbocycles. The summed E-state index contributed by atoms with van der Waals surface area (Å²) in [5.41, 5.74) is 1.09. The molecule has 1 saturated heterocycles. The average Bonchev–Trinajstić information content (AvgIpc) is 2.68. The minimum Gasteiger partial charge on any atom is -0.359 e. The molecule has 0 spiro atoms. The molecular formula is C12H22N4. The first-order chi connectivity index (χ1) is 7.79. The molecule has 1 aromatic heterocycles. The molecular weight excluding hydrogens is 200 g/mol. The van der Waals surface area contributed by atoms with Crippen LogP contribution in [0.3, 0.4) is 0 Å². The highest BCUT2D eigenvalue weighted by atomic mass is 15.2. The van der Waals surface area contributed by atoms with Gasteiger partial charge in [-0.2, -0.15) is 0 Å². The number of anilines is 1. The lowest BCUT2D eigenvalue weighted by molar-refractivity contribution is 0.221. The maximum absolute atomic E-state index is 4.43. The van der Waals surface area contributed by atoms with Gasteiger partial charge in [-0.05, 0) is 32.9 Å². The fraction of sp³-hybridized carbons (Fsp3) is 0.750. The summed E-state index contributed by atoms with van der Waals surface area (Å²) in [6.07, 6.45) is 6.25. The van der Waals surface area contributed by atoms with Crippen molar-refractivity contribution in [3.63, 3.8) is 0 Å². The van der Waals surface area contributed by atoms with E-state index in [0.717, 1.165) is 24.7 Å². The summed E-state index contributed by atoms with van der Waals surface area (Å²) >= 11 is 0. The lowest BCUT2D eigenvalue weighted by Gasteiger charge is -2.26. The first kappa shape index (κ1) is 11.5. The standard InChI is InChI=1S/C12H22N4/c1-11-10-16(12(13-2)14-11)9-8-15-6-4-3-5-7-15/h10H,3-9H2,1-2H3,(H,13,14). The summed E-state index contributed by atoms with van der Waals surface area (Å²) in [4.78, 5) is 6.98. The van der Waals surface area contributed by atoms with Crippen LogP contribution < -0.4 is 5.32 Å². The van der Waals surface area contributed by atoms with Crippen molar-refractivity contribution >= 4 is 5.95 Å². The van der Waals surface area contributed by atoms with Gasteiger partial charge in [0, 0.05) is 26.3 Å². The minimum atomic E-state index is 0.981. The molecule has 0 bridgehead atoms. The van der Waals surface area contributed by atoms with Crippen LogP contribution in [0.1, 0.15) is 25.0 Å². The van der Waals surface area contributed by atoms with E-state index >= 15 is 0 Å². The van der Waals surface area contributed by atoms with E-state index in [4.69, 9.17) is 0 Å². The van der Waals surface area contributed by atoms with Crippen molar-refractivity contribution in [2.75, 3.05) is 32.0 Å². The van der Waals surface area contributed by atoms with E-state index in [-0.39, 0.29) is 0 Å². The van der Waals surface area contributed by atoms with Crippen LogP contribution in [0.5, 0.6) is 0 Å². The van der Waals surface area contributed by atoms with Gasteiger partial charge >= 0.3 is 0 Å². The van der Waals surface area contributed by atoms with Gasteiger partial charge in [-0.25, -0.2) is 4.98 Å². The zero-order valence-corrected chi connectivity index (χ0v) is 10.4. The van der Waals surface area contributed by atoms with E-state index in [1.165, 1.54) is 32.4 Å². The van der Waals surface area contributed by atoms with Crippen molar-refractivity contribution in [1.82, 2.24) is 14.5 Å². The van der Waals surface area contributed by atoms with Crippen LogP contribution >= 0.6 is 0 Å². The Morgan fingerprint density at radius 1 is 1.25 bits per heavy atom. The largest absolute Gasteiger partial charge is 0.359 e. The molecule has 1 aromatic rings. The van der Waals surface area contributed by atoms with E-state index in [2.05, 4.69) is 26.0 Å². The lowest BCUT2D eigenvalue weighted by Crippen LogP contribution is -2.32. The molecule has 0 radical (unpaired) electrons. The topological polar surface area (TPSA) is 33.1 Å². The molecule has 4 nitrogen and oxygen atoms in total. The summed E-state index contributed by atoms with van der Waals surface area (Å²) in [6.45, 7) is 6.75. The lowest BCUT2D eigenvalue weighted by atomic mass is 10.1. The molecule has 4 heteroatoms. The van der Waals surface area contributed by atoms with E-state index in [1.54, 1.807) is 0 Å². The van der Waals surface area contributed by atoms with Gasteiger partial charge in [0.15, 0.2) is 0 Å². The monoisotopic (exact) mass is 222 g/mol. The summed E-state index contributed by atoms with van der Waals surface area (Å²) in [5, 5.41) is 3.14. The predicted molar refractivity (Wildman–Crippen MR) is 66.8 cm³/mol. The van der Waals surface area contributed by atoms with Gasteiger partial charge in [-0.15, -0.1) is 0 Å². The number of imidazole rings is 1. The summed E-state index contributed by atoms with van der Waals surface area (Å²) in [5.74, 6) is 0.981. The third-order valence-corrected chi connectivity index (χ3v) is 3.23. The first-order valence-corrected chi connectivity index (χ1v) is 6.23. The van der Waals surface area contributed by atoms with E-state index in [0.29, 0.717) is 0 Å². The molecule has 1 aliphatic heterocycles. The van der Waals surface area contributed by atoms with Gasteiger partial charge in [0.25, 0.3) is 0 Å². The number of hydrogen-bond acceptors (Lipinski definition) is 3. The van der Waals surface area contributed by atoms with Gasteiger partial charge < -0.3 is 14.8 Å². The summed E-state index contributed by atoms with van der Waals surface area (Å²) in [6, 6.07) is 0. The average molecular weight is 222 g/mol. The molecule has 0 unspecified atom stereocenters. The molecule has 1 fully saturated rings. The zero-order valence-electron chi connectivity index (χ0n) is 10.4. The van der Waals surface area contributed by atoms with Crippen molar-refractivity contribution in [1.29, 1.82) is 0 Å². The Morgan fingerprint density at radius 2 is 2.00 bits per heavy atom. The van der Waals surface area contributed by atoms with Gasteiger partial charge in [-0.1, -0.05) is 6.42 Å². The third-order valence-electron chi connectivity index (χ3n) is 3.23. The third kappa shape index (κ3) is 2.76. The van der Waals surface area contributed by atoms with Gasteiger partial charge in [0.2, 0.25) is 5.95 Å². The first-order valence-electron chi connectivity index (χ1n) is 6.23. The molecule has 0 saturated carbocycles. The Hall–Kier alpha value is -1.03. The molecule has 2 rings (SSSR count). The van der Waals surface area contributed by atoms with Crippen LogP contribution in [-0.2, 0) is 6.54 Å². The fourth-order valence-corrected chi connectivity index (χ4v) is 2.35. The van der Waals surface area contributed by atoms with Gasteiger partial charge in [0.05, 0.1) is 5.69 Å². The smallest absolute Gasteiger partial charge is 0.202 e. The predicted octanol–water partition coefficient (Wildman–Crippen LogP) is 1.72. The highest BCUT2D eigenvalue weighted by molar-refractivity contribution is 5.27. The Labute approximate surface area is 97.7 Å². The Bertz CT molecular complexity index is 326. The number of likely N-dealkylation sites (tertiary alicyclic amines) is 1. The normalized spacial score (nSPS) is 17.6. The second kappa shape index (κ2) is 5.34. The molecule has 0 atom stereocenters. The zero-order chi connectivity index (χ0) is 11.4. The summed E-state index contributed by atoms with van der Waals surface area (Å²) in [7, 11) is 1.93. The molecule has 1 N–H and O–H groups in total. The Kier molecular flexibility index (Phi) is 3.83. The van der Waals surface area contributed by atoms with Crippen molar-refractivity contribution in [2.45, 2.75) is 32.7 Å². The molecule has 1 aliphatic rings. The second-order valence-electron chi connectivity index (χ2n) is 4.55. The fourth-order valence-electron chi connectivity index (χ4n) is 2.35. The number of aryl methyl sites for hydroxylation is 1.